The summed E-state index contributed by atoms with van der Waals surface area (Å²) in [6.45, 7) is 1.78. The van der Waals surface area contributed by atoms with Crippen molar-refractivity contribution in [1.29, 1.82) is 0 Å². The summed E-state index contributed by atoms with van der Waals surface area (Å²) in [4.78, 5) is 11.6. The Hall–Kier alpha value is -0.320. The van der Waals surface area contributed by atoms with E-state index in [2.05, 4.69) is 10.6 Å². The van der Waals surface area contributed by atoms with Crippen LogP contribution in [0.4, 0.5) is 0 Å². The number of rotatable bonds is 3. The van der Waals surface area contributed by atoms with Crippen LogP contribution < -0.4 is 10.6 Å². The number of carbonyl (C=O) groups excluding carboxylic acids is 1. The van der Waals surface area contributed by atoms with Crippen molar-refractivity contribution in [2.75, 3.05) is 7.11 Å². The Kier molecular flexibility index (Phi) is 5.02. The molecule has 94 valence electrons. The highest BCUT2D eigenvalue weighted by Crippen LogP contribution is 2.26. The van der Waals surface area contributed by atoms with Crippen LogP contribution in [0.3, 0.4) is 0 Å². The molecular formula is C11H21ClN2O2. The second-order valence-corrected chi connectivity index (χ2v) is 4.69. The van der Waals surface area contributed by atoms with Crippen LogP contribution in [-0.2, 0) is 9.53 Å². The number of hydrogen-bond acceptors (Lipinski definition) is 3. The Balaban J connectivity index is 0.00000128. The van der Waals surface area contributed by atoms with Gasteiger partial charge in [-0.1, -0.05) is 0 Å². The van der Waals surface area contributed by atoms with Crippen molar-refractivity contribution in [3.63, 3.8) is 0 Å². The summed E-state index contributed by atoms with van der Waals surface area (Å²) < 4.78 is 5.00. The molecule has 1 amide bonds. The molecule has 3 unspecified atom stereocenters. The molecule has 3 atom stereocenters. The summed E-state index contributed by atoms with van der Waals surface area (Å²) in [6, 6.07) is 1.58. The first kappa shape index (κ1) is 13.7. The van der Waals surface area contributed by atoms with E-state index in [4.69, 9.17) is 4.74 Å². The Morgan fingerprint density at radius 3 is 2.44 bits per heavy atom. The van der Waals surface area contributed by atoms with Gasteiger partial charge in [-0.05, 0) is 32.6 Å². The molecule has 2 aliphatic heterocycles. The van der Waals surface area contributed by atoms with Gasteiger partial charge in [-0.2, -0.15) is 0 Å². The van der Waals surface area contributed by atoms with Gasteiger partial charge in [0.05, 0.1) is 0 Å². The molecule has 0 aromatic rings. The minimum atomic E-state index is -0.336. The Morgan fingerprint density at radius 1 is 1.38 bits per heavy atom. The molecule has 2 bridgehead atoms. The van der Waals surface area contributed by atoms with E-state index >= 15 is 0 Å². The van der Waals surface area contributed by atoms with Crippen molar-refractivity contribution in [2.24, 2.45) is 0 Å². The zero-order chi connectivity index (χ0) is 10.8. The highest BCUT2D eigenvalue weighted by atomic mass is 35.5. The van der Waals surface area contributed by atoms with Crippen molar-refractivity contribution in [3.05, 3.63) is 0 Å². The van der Waals surface area contributed by atoms with Gasteiger partial charge >= 0.3 is 0 Å². The van der Waals surface area contributed by atoms with E-state index in [1.54, 1.807) is 14.0 Å². The van der Waals surface area contributed by atoms with Gasteiger partial charge in [-0.15, -0.1) is 12.4 Å². The normalized spacial score (nSPS) is 34.0. The van der Waals surface area contributed by atoms with Gasteiger partial charge in [-0.25, -0.2) is 0 Å². The number of ether oxygens (including phenoxy) is 1. The standard InChI is InChI=1S/C11H20N2O2.ClH/c1-7(15-2)11(14)13-10-5-8-3-4-9(6-10)12-8;/h7-10,12H,3-6H2,1-2H3,(H,13,14);1H. The third-order valence-electron chi connectivity index (χ3n) is 3.54. The number of halogens is 1. The monoisotopic (exact) mass is 248 g/mol. The Morgan fingerprint density at radius 2 is 1.94 bits per heavy atom. The third-order valence-corrected chi connectivity index (χ3v) is 3.54. The minimum absolute atomic E-state index is 0. The van der Waals surface area contributed by atoms with Crippen molar-refractivity contribution in [2.45, 2.75) is 56.8 Å². The number of piperidine rings is 1. The number of methoxy groups -OCH3 is 1. The summed E-state index contributed by atoms with van der Waals surface area (Å²) in [5, 5.41) is 6.62. The lowest BCUT2D eigenvalue weighted by molar-refractivity contribution is -0.131. The van der Waals surface area contributed by atoms with Crippen LogP contribution in [0.15, 0.2) is 0 Å². The predicted molar refractivity (Wildman–Crippen MR) is 64.8 cm³/mol. The first-order chi connectivity index (χ1) is 7.19. The van der Waals surface area contributed by atoms with Crippen molar-refractivity contribution in [1.82, 2.24) is 10.6 Å². The number of carbonyl (C=O) groups is 1. The van der Waals surface area contributed by atoms with Gasteiger partial charge in [0.2, 0.25) is 5.91 Å². The first-order valence-corrected chi connectivity index (χ1v) is 5.78. The molecular weight excluding hydrogens is 228 g/mol. The number of amides is 1. The molecule has 0 aromatic carbocycles. The van der Waals surface area contributed by atoms with Crippen LogP contribution in [0.5, 0.6) is 0 Å². The Bertz CT molecular complexity index is 238. The van der Waals surface area contributed by atoms with E-state index in [0.717, 1.165) is 12.8 Å². The molecule has 16 heavy (non-hydrogen) atoms. The van der Waals surface area contributed by atoms with Crippen molar-refractivity contribution < 1.29 is 9.53 Å². The fourth-order valence-corrected chi connectivity index (χ4v) is 2.60. The van der Waals surface area contributed by atoms with Gasteiger partial charge < -0.3 is 15.4 Å². The summed E-state index contributed by atoms with van der Waals surface area (Å²) in [7, 11) is 1.57. The maximum absolute atomic E-state index is 11.6. The lowest BCUT2D eigenvalue weighted by Crippen LogP contribution is -2.50. The van der Waals surface area contributed by atoms with Crippen LogP contribution in [0.25, 0.3) is 0 Å². The first-order valence-electron chi connectivity index (χ1n) is 5.78. The summed E-state index contributed by atoms with van der Waals surface area (Å²) >= 11 is 0. The summed E-state index contributed by atoms with van der Waals surface area (Å²) in [6.07, 6.45) is 4.32. The second kappa shape index (κ2) is 5.84. The van der Waals surface area contributed by atoms with Crippen LogP contribution in [-0.4, -0.2) is 37.2 Å². The summed E-state index contributed by atoms with van der Waals surface area (Å²) in [5.74, 6) is 0.0174. The molecule has 2 saturated heterocycles. The molecule has 4 nitrogen and oxygen atoms in total. The molecule has 0 aliphatic carbocycles. The average Bonchev–Trinajstić information content (AvgIpc) is 2.57. The maximum atomic E-state index is 11.6. The fourth-order valence-electron chi connectivity index (χ4n) is 2.60. The summed E-state index contributed by atoms with van der Waals surface area (Å²) in [5.41, 5.74) is 0. The SMILES string of the molecule is COC(C)C(=O)NC1CC2CCC(C1)N2.Cl. The number of fused-ring (bicyclic) bond motifs is 2. The van der Waals surface area contributed by atoms with Crippen LogP contribution >= 0.6 is 12.4 Å². The minimum Gasteiger partial charge on any atom is -0.372 e. The fraction of sp³-hybridized carbons (Fsp3) is 0.909. The van der Waals surface area contributed by atoms with E-state index < -0.39 is 0 Å². The zero-order valence-electron chi connectivity index (χ0n) is 9.86. The van der Waals surface area contributed by atoms with Crippen molar-refractivity contribution in [3.8, 4) is 0 Å². The third kappa shape index (κ3) is 3.09. The van der Waals surface area contributed by atoms with Gasteiger partial charge in [0.1, 0.15) is 6.10 Å². The molecule has 2 fully saturated rings. The molecule has 2 rings (SSSR count). The second-order valence-electron chi connectivity index (χ2n) is 4.69. The van der Waals surface area contributed by atoms with E-state index in [9.17, 15) is 4.79 Å². The molecule has 5 heteroatoms. The quantitative estimate of drug-likeness (QED) is 0.778. The lowest BCUT2D eigenvalue weighted by Gasteiger charge is -2.30. The van der Waals surface area contributed by atoms with Gasteiger partial charge in [0.25, 0.3) is 0 Å². The number of nitrogens with one attached hydrogen (secondary N) is 2. The molecule has 2 N–H and O–H groups in total. The average molecular weight is 249 g/mol. The highest BCUT2D eigenvalue weighted by Gasteiger charge is 2.34. The Labute approximate surface area is 103 Å². The van der Waals surface area contributed by atoms with Gasteiger partial charge in [0.15, 0.2) is 0 Å². The van der Waals surface area contributed by atoms with Gasteiger partial charge in [0, 0.05) is 25.2 Å². The van der Waals surface area contributed by atoms with E-state index in [-0.39, 0.29) is 24.4 Å². The van der Waals surface area contributed by atoms with Gasteiger partial charge in [-0.3, -0.25) is 4.79 Å². The highest BCUT2D eigenvalue weighted by molar-refractivity contribution is 5.85. The smallest absolute Gasteiger partial charge is 0.249 e. The molecule has 2 aliphatic rings. The molecule has 0 aromatic heterocycles. The molecule has 2 heterocycles. The number of hydrogen-bond donors (Lipinski definition) is 2. The van der Waals surface area contributed by atoms with Crippen LogP contribution in [0.2, 0.25) is 0 Å². The topological polar surface area (TPSA) is 50.4 Å². The van der Waals surface area contributed by atoms with E-state index in [0.29, 0.717) is 18.1 Å². The maximum Gasteiger partial charge on any atom is 0.249 e. The zero-order valence-corrected chi connectivity index (χ0v) is 10.7. The van der Waals surface area contributed by atoms with E-state index in [1.165, 1.54) is 12.8 Å². The molecule has 0 spiro atoms. The molecule has 0 saturated carbocycles. The molecule has 0 radical (unpaired) electrons. The van der Waals surface area contributed by atoms with Crippen LogP contribution in [0, 0.1) is 0 Å². The largest absolute Gasteiger partial charge is 0.372 e. The van der Waals surface area contributed by atoms with Crippen LogP contribution in [0.1, 0.15) is 32.6 Å². The lowest BCUT2D eigenvalue weighted by atomic mass is 9.99. The van der Waals surface area contributed by atoms with E-state index in [1.807, 2.05) is 0 Å². The van der Waals surface area contributed by atoms with Crippen molar-refractivity contribution >= 4 is 18.3 Å². The predicted octanol–water partition coefficient (Wildman–Crippen LogP) is 0.842.